The largest absolute Gasteiger partial charge is 0.552 e. The number of carbonyl (C=O) groups is 3. The van der Waals surface area contributed by atoms with Crippen LogP contribution in [0.5, 0.6) is 11.5 Å². The van der Waals surface area contributed by atoms with Gasteiger partial charge in [-0.25, -0.2) is 24.4 Å². The highest BCUT2D eigenvalue weighted by atomic mass is 79.9. The van der Waals surface area contributed by atoms with Crippen LogP contribution in [0.4, 0.5) is 14.4 Å². The lowest BCUT2D eigenvalue weighted by atomic mass is 9.72. The van der Waals surface area contributed by atoms with Gasteiger partial charge < -0.3 is 58.5 Å². The topological polar surface area (TPSA) is 220 Å². The summed E-state index contributed by atoms with van der Waals surface area (Å²) in [6, 6.07) is 3.99. The minimum Gasteiger partial charge on any atom is -0.531 e. The maximum absolute atomic E-state index is 12.6. The number of nitrogens with zero attached hydrogens (tertiary/aromatic N) is 3. The van der Waals surface area contributed by atoms with Crippen molar-refractivity contribution in [2.45, 2.75) is 106 Å². The summed E-state index contributed by atoms with van der Waals surface area (Å²) >= 11 is 0. The van der Waals surface area contributed by atoms with Crippen molar-refractivity contribution in [2.24, 2.45) is 23.7 Å². The van der Waals surface area contributed by atoms with E-state index in [1.54, 1.807) is 64.8 Å². The molecule has 0 bridgehead atoms. The molecule has 2 fully saturated rings. The number of piperidine rings is 2. The molecule has 4 aliphatic heterocycles. The number of hydrogen-bond donors (Lipinski definition) is 5. The number of amides is 1. The van der Waals surface area contributed by atoms with Crippen molar-refractivity contribution in [3.63, 3.8) is 0 Å². The molecular weight excluding hydrogens is 902 g/mol. The van der Waals surface area contributed by atoms with E-state index >= 15 is 0 Å². The first-order valence-corrected chi connectivity index (χ1v) is 21.8. The molecule has 20 heteroatoms. The highest BCUT2D eigenvalue weighted by molar-refractivity contribution is 8.93. The predicted octanol–water partition coefficient (Wildman–Crippen LogP) is 8.31. The number of nitrogens with one attached hydrogen (secondary N) is 3. The first-order valence-electron chi connectivity index (χ1n) is 21.8. The number of H-pyrrole nitrogens is 2. The van der Waals surface area contributed by atoms with Gasteiger partial charge in [-0.1, -0.05) is 13.8 Å². The van der Waals surface area contributed by atoms with Gasteiger partial charge in [0.2, 0.25) is 0 Å². The van der Waals surface area contributed by atoms with Crippen LogP contribution in [0.3, 0.4) is 0 Å². The Morgan fingerprint density at radius 3 is 1.65 bits per heavy atom. The predicted molar refractivity (Wildman–Crippen MR) is 254 cm³/mol. The van der Waals surface area contributed by atoms with Crippen LogP contribution in [0.2, 0.25) is 0 Å². The van der Waals surface area contributed by atoms with E-state index in [1.165, 1.54) is 5.57 Å². The van der Waals surface area contributed by atoms with Crippen LogP contribution in [-0.2, 0) is 18.9 Å². The molecule has 1 amide bonds. The number of halogens is 1. The van der Waals surface area contributed by atoms with Gasteiger partial charge in [-0.2, -0.15) is 0 Å². The normalized spacial score (nSPS) is 20.7. The molecule has 4 aromatic heterocycles. The minimum atomic E-state index is -1.06. The van der Waals surface area contributed by atoms with Crippen LogP contribution >= 0.6 is 17.0 Å². The van der Waals surface area contributed by atoms with Gasteiger partial charge in [0.1, 0.15) is 39.6 Å². The Balaban J connectivity index is 0.000000191. The van der Waals surface area contributed by atoms with Crippen molar-refractivity contribution >= 4 is 82.8 Å². The second kappa shape index (κ2) is 20.6. The lowest BCUT2D eigenvalue weighted by Gasteiger charge is -2.40. The molecule has 0 aromatic carbocycles. The van der Waals surface area contributed by atoms with E-state index in [0.717, 1.165) is 64.7 Å². The van der Waals surface area contributed by atoms with Gasteiger partial charge in [-0.15, -0.1) is 17.0 Å². The van der Waals surface area contributed by atoms with Gasteiger partial charge in [-0.05, 0) is 135 Å². The fourth-order valence-electron chi connectivity index (χ4n) is 8.16. The molecule has 8 heterocycles. The van der Waals surface area contributed by atoms with Crippen LogP contribution in [-0.4, -0.2) is 111 Å². The molecule has 0 radical (unpaired) electrons. The van der Waals surface area contributed by atoms with Gasteiger partial charge in [0, 0.05) is 59.8 Å². The van der Waals surface area contributed by atoms with Crippen molar-refractivity contribution in [2.75, 3.05) is 26.2 Å². The lowest BCUT2D eigenvalue weighted by Crippen LogP contribution is -2.46. The monoisotopic (exact) mass is 964 g/mol. The van der Waals surface area contributed by atoms with Crippen LogP contribution in [0.15, 0.2) is 48.9 Å². The number of pyridine rings is 2. The fourth-order valence-corrected chi connectivity index (χ4v) is 8.16. The molecular formula is C45H63B2BrN6O11. The maximum atomic E-state index is 12.6. The molecule has 0 saturated carbocycles. The Labute approximate surface area is 391 Å². The van der Waals surface area contributed by atoms with Crippen molar-refractivity contribution in [1.29, 1.82) is 0 Å². The smallest absolute Gasteiger partial charge is 0.531 e. The van der Waals surface area contributed by atoms with Crippen LogP contribution in [0.1, 0.15) is 100 Å². The van der Waals surface area contributed by atoms with Crippen molar-refractivity contribution in [1.82, 2.24) is 30.2 Å². The van der Waals surface area contributed by atoms with Crippen LogP contribution < -0.4 is 14.6 Å². The van der Waals surface area contributed by atoms with Crippen molar-refractivity contribution in [3.8, 4) is 11.5 Å². The molecule has 2 saturated heterocycles. The Hall–Kier alpha value is -5.04. The SMILES string of the molecule is Br.CC(C)(C)OC(=O)OC(=O)OC(C)(C)C.C[C@H]1CCN(C(=O)OC(C)(C)C)C[C@H]1C1=CB(O)Oc2cnc3[nH]ccc3c21.C[C@H]1CCNC[C@H]1C1=CB(O)Oc2cnc3[nH]ccc3c21. The molecule has 0 spiro atoms. The number of rotatable bonds is 2. The third-order valence-corrected chi connectivity index (χ3v) is 11.0. The zero-order chi connectivity index (χ0) is 46.7. The number of fused-ring (bicyclic) bond motifs is 6. The summed E-state index contributed by atoms with van der Waals surface area (Å²) in [6.07, 6.45) is 6.69. The van der Waals surface area contributed by atoms with Crippen LogP contribution in [0.25, 0.3) is 33.2 Å². The van der Waals surface area contributed by atoms with Crippen molar-refractivity contribution < 1.29 is 52.7 Å². The third kappa shape index (κ3) is 13.3. The summed E-state index contributed by atoms with van der Waals surface area (Å²) in [5, 5.41) is 25.7. The van der Waals surface area contributed by atoms with E-state index in [2.05, 4.69) is 43.8 Å². The van der Waals surface area contributed by atoms with Gasteiger partial charge in [-0.3, -0.25) is 0 Å². The number of ether oxygens (including phenoxy) is 4. The van der Waals surface area contributed by atoms with Gasteiger partial charge in [0.25, 0.3) is 0 Å². The summed E-state index contributed by atoms with van der Waals surface area (Å²) in [7, 11) is -1.91. The van der Waals surface area contributed by atoms with E-state index in [0.29, 0.717) is 42.3 Å². The van der Waals surface area contributed by atoms with E-state index < -0.39 is 43.4 Å². The standard InChI is InChI=1S/C20H26BN3O4.C15H18BN3O2.C10H18O5.BrH/c1-12-6-8-24(19(25)27-20(2,3)4)11-15(12)14-9-21(26)28-16-10-23-18-13(17(14)16)5-7-22-18;1-9-2-4-17-7-12(9)11-6-16(20)21-13-8-19-15-10(14(11)13)3-5-18-15;1-9(2,3)14-7(11)13-8(12)15-10(4,5)6;/h5,7,9-10,12,15,26H,6,8,11H2,1-4H3,(H,22,23);3,5-6,8-9,12,17,20H,2,4,7H2,1H3,(H,18,19);1-6H3;1H/t12-,15+;9-,12+;;/m00../s1. The molecule has 4 aliphatic rings. The molecule has 0 unspecified atom stereocenters. The Kier molecular flexibility index (Phi) is 16.2. The maximum Gasteiger partial charge on any atom is 0.552 e. The first kappa shape index (κ1) is 51.0. The second-order valence-corrected chi connectivity index (χ2v) is 19.6. The van der Waals surface area contributed by atoms with Gasteiger partial charge in [0.05, 0.1) is 12.4 Å². The molecule has 8 rings (SSSR count). The van der Waals surface area contributed by atoms with Gasteiger partial charge >= 0.3 is 32.6 Å². The first-order chi connectivity index (χ1) is 30.0. The third-order valence-electron chi connectivity index (χ3n) is 11.0. The minimum absolute atomic E-state index is 0. The van der Waals surface area contributed by atoms with E-state index in [4.69, 9.17) is 23.5 Å². The summed E-state index contributed by atoms with van der Waals surface area (Å²) in [5.74, 6) is 6.24. The number of likely N-dealkylation sites (tertiary alicyclic amines) is 1. The Morgan fingerprint density at radius 1 is 0.723 bits per heavy atom. The lowest BCUT2D eigenvalue weighted by molar-refractivity contribution is -0.0294. The Morgan fingerprint density at radius 2 is 1.18 bits per heavy atom. The second-order valence-electron chi connectivity index (χ2n) is 19.6. The van der Waals surface area contributed by atoms with E-state index in [1.807, 2.05) is 51.3 Å². The molecule has 65 heavy (non-hydrogen) atoms. The summed E-state index contributed by atoms with van der Waals surface area (Å²) < 4.78 is 30.5. The van der Waals surface area contributed by atoms with Gasteiger partial charge in [0.15, 0.2) is 0 Å². The highest BCUT2D eigenvalue weighted by Gasteiger charge is 2.39. The van der Waals surface area contributed by atoms with Crippen molar-refractivity contribution in [3.05, 3.63) is 60.0 Å². The number of aromatic amines is 2. The molecule has 0 aliphatic carbocycles. The quantitative estimate of drug-likeness (QED) is 0.0553. The summed E-state index contributed by atoms with van der Waals surface area (Å²) in [5.41, 5.74) is 3.91. The molecule has 352 valence electrons. The molecule has 4 atom stereocenters. The number of aromatic nitrogens is 4. The molecule has 4 aromatic rings. The Bertz CT molecular complexity index is 2360. The zero-order valence-electron chi connectivity index (χ0n) is 39.1. The average Bonchev–Trinajstić information content (AvgIpc) is 3.86. The number of hydrogen-bond acceptors (Lipinski definition) is 14. The summed E-state index contributed by atoms with van der Waals surface area (Å²) in [4.78, 5) is 51.4. The zero-order valence-corrected chi connectivity index (χ0v) is 40.9. The molecule has 17 nitrogen and oxygen atoms in total. The summed E-state index contributed by atoms with van der Waals surface area (Å²) in [6.45, 7) is 23.3. The van der Waals surface area contributed by atoms with E-state index in [-0.39, 0.29) is 29.0 Å². The molecule has 5 N–H and O–H groups in total. The number of carbonyl (C=O) groups excluding carboxylic acids is 3. The van der Waals surface area contributed by atoms with Crippen LogP contribution in [0, 0.1) is 23.7 Å². The average molecular weight is 966 g/mol. The van der Waals surface area contributed by atoms with E-state index in [9.17, 15) is 24.4 Å². The highest BCUT2D eigenvalue weighted by Crippen LogP contribution is 2.44. The fraction of sp³-hybridized carbons (Fsp3) is 0.533.